The van der Waals surface area contributed by atoms with Crippen LogP contribution < -0.4 is 0 Å². The molecule has 1 N–H and O–H groups in total. The molecule has 0 aliphatic carbocycles. The molecule has 2 fully saturated rings. The molecule has 2 aromatic rings. The van der Waals surface area contributed by atoms with Gasteiger partial charge in [-0.1, -0.05) is 6.92 Å². The number of aliphatic hydroxyl groups is 1. The lowest BCUT2D eigenvalue weighted by atomic mass is 9.79. The number of amides is 3. The molecule has 3 aliphatic rings. The van der Waals surface area contributed by atoms with E-state index in [1.54, 1.807) is 14.1 Å². The fourth-order valence-electron chi connectivity index (χ4n) is 6.34. The molecule has 16 nitrogen and oxygen atoms in total. The molecule has 2 unspecified atom stereocenters. The van der Waals surface area contributed by atoms with Crippen LogP contribution in [0.2, 0.25) is 0 Å². The van der Waals surface area contributed by atoms with Crippen molar-refractivity contribution in [3.05, 3.63) is 90.5 Å². The van der Waals surface area contributed by atoms with Gasteiger partial charge < -0.3 is 24.4 Å². The summed E-state index contributed by atoms with van der Waals surface area (Å²) >= 11 is 1.27. The van der Waals surface area contributed by atoms with Gasteiger partial charge in [-0.15, -0.1) is 11.8 Å². The number of carbonyl (C=O) groups excluding carboxylic acids is 4. The number of hydrogen-bond donors (Lipinski definition) is 1. The first-order valence-corrected chi connectivity index (χ1v) is 16.3. The fraction of sp³-hybridized carbons (Fsp3) is 0.438. The highest BCUT2D eigenvalue weighted by molar-refractivity contribution is 8.03. The molecule has 3 heterocycles. The Morgan fingerprint density at radius 1 is 0.980 bits per heavy atom. The highest BCUT2D eigenvalue weighted by atomic mass is 32.2. The highest BCUT2D eigenvalue weighted by Gasteiger charge is 2.60. The van der Waals surface area contributed by atoms with Crippen LogP contribution in [-0.2, 0) is 37.1 Å². The fourth-order valence-corrected chi connectivity index (χ4v) is 7.86. The number of nitro benzene ring substituents is 2. The summed E-state index contributed by atoms with van der Waals surface area (Å²) in [5, 5.41) is 31.9. The molecule has 5 rings (SSSR count). The van der Waals surface area contributed by atoms with Crippen LogP contribution in [0.1, 0.15) is 31.4 Å². The Morgan fingerprint density at radius 2 is 1.51 bits per heavy atom. The third-order valence-electron chi connectivity index (χ3n) is 8.85. The van der Waals surface area contributed by atoms with Crippen molar-refractivity contribution in [3.8, 4) is 0 Å². The van der Waals surface area contributed by atoms with E-state index in [1.165, 1.54) is 81.9 Å². The first kappa shape index (κ1) is 35.3. The Hall–Kier alpha value is -5.03. The van der Waals surface area contributed by atoms with Gasteiger partial charge in [0.05, 0.1) is 27.9 Å². The van der Waals surface area contributed by atoms with E-state index < -0.39 is 57.2 Å². The molecular weight excluding hydrogens is 662 g/mol. The normalized spacial score (nSPS) is 23.4. The SMILES string of the molecule is CC(O)[C@H]1C(=O)N2C(C(=O)OCc3ccc([N+](=O)[O-])cc3)=C(S[C@@H]3CC(C(=O)N(C)C)N(C(=O)OCc4ccc([N+](=O)[O-])cc4)C3)[C@H](C)[C@H]12. The van der Waals surface area contributed by atoms with Crippen molar-refractivity contribution in [1.29, 1.82) is 0 Å². The number of benzene rings is 2. The van der Waals surface area contributed by atoms with Crippen molar-refractivity contribution in [2.75, 3.05) is 20.6 Å². The number of β-lactam (4-membered cyclic amide) rings is 1. The molecule has 0 spiro atoms. The summed E-state index contributed by atoms with van der Waals surface area (Å²) in [6, 6.07) is 9.66. The third kappa shape index (κ3) is 7.07. The summed E-state index contributed by atoms with van der Waals surface area (Å²) in [4.78, 5) is 78.8. The summed E-state index contributed by atoms with van der Waals surface area (Å²) in [5.74, 6) is -2.66. The predicted octanol–water partition coefficient (Wildman–Crippen LogP) is 3.22. The Balaban J connectivity index is 1.35. The van der Waals surface area contributed by atoms with Crippen molar-refractivity contribution >= 4 is 47.0 Å². The van der Waals surface area contributed by atoms with E-state index in [0.29, 0.717) is 16.0 Å². The molecule has 3 aliphatic heterocycles. The minimum Gasteiger partial charge on any atom is -0.456 e. The number of nitro groups is 2. The number of hydrogen-bond acceptors (Lipinski definition) is 12. The van der Waals surface area contributed by atoms with E-state index >= 15 is 0 Å². The number of nitrogens with zero attached hydrogens (tertiary/aromatic N) is 5. The molecule has 0 bridgehead atoms. The molecule has 49 heavy (non-hydrogen) atoms. The molecule has 3 amide bonds. The predicted molar refractivity (Wildman–Crippen MR) is 173 cm³/mol. The maximum Gasteiger partial charge on any atom is 0.410 e. The Kier molecular flexibility index (Phi) is 10.2. The minimum atomic E-state index is -0.965. The number of ether oxygens (including phenoxy) is 2. The lowest BCUT2D eigenvalue weighted by Gasteiger charge is -2.46. The van der Waals surface area contributed by atoms with Crippen molar-refractivity contribution in [3.63, 3.8) is 0 Å². The number of thioether (sulfide) groups is 1. The summed E-state index contributed by atoms with van der Waals surface area (Å²) in [5.41, 5.74) is 0.814. The smallest absolute Gasteiger partial charge is 0.410 e. The van der Waals surface area contributed by atoms with Crippen LogP contribution in [0, 0.1) is 32.1 Å². The van der Waals surface area contributed by atoms with Crippen LogP contribution in [0.4, 0.5) is 16.2 Å². The van der Waals surface area contributed by atoms with Crippen LogP contribution in [0.15, 0.2) is 59.1 Å². The molecule has 0 radical (unpaired) electrons. The quantitative estimate of drug-likeness (QED) is 0.156. The summed E-state index contributed by atoms with van der Waals surface area (Å²) < 4.78 is 11.1. The van der Waals surface area contributed by atoms with Crippen molar-refractivity contribution in [2.45, 2.75) is 56.9 Å². The largest absolute Gasteiger partial charge is 0.456 e. The highest BCUT2D eigenvalue weighted by Crippen LogP contribution is 2.52. The van der Waals surface area contributed by atoms with Crippen LogP contribution in [0.25, 0.3) is 0 Å². The van der Waals surface area contributed by atoms with Gasteiger partial charge in [0.15, 0.2) is 0 Å². The molecule has 2 aromatic carbocycles. The number of fused-ring (bicyclic) bond motifs is 1. The number of esters is 1. The van der Waals surface area contributed by atoms with Gasteiger partial charge in [0.1, 0.15) is 25.0 Å². The second kappa shape index (κ2) is 14.2. The Morgan fingerprint density at radius 3 is 2.00 bits per heavy atom. The van der Waals surface area contributed by atoms with Crippen molar-refractivity contribution in [1.82, 2.24) is 14.7 Å². The summed E-state index contributed by atoms with van der Waals surface area (Å²) in [6.07, 6.45) is -1.51. The van der Waals surface area contributed by atoms with Gasteiger partial charge in [-0.05, 0) is 48.7 Å². The van der Waals surface area contributed by atoms with E-state index in [-0.39, 0.29) is 55.1 Å². The van der Waals surface area contributed by atoms with Gasteiger partial charge in [-0.2, -0.15) is 0 Å². The Bertz CT molecular complexity index is 1700. The second-order valence-corrected chi connectivity index (χ2v) is 13.7. The van der Waals surface area contributed by atoms with Gasteiger partial charge in [-0.25, -0.2) is 9.59 Å². The lowest BCUT2D eigenvalue weighted by Crippen LogP contribution is -2.63. The van der Waals surface area contributed by atoms with Crippen LogP contribution in [-0.4, -0.2) is 97.6 Å². The van der Waals surface area contributed by atoms with E-state index in [9.17, 15) is 44.5 Å². The van der Waals surface area contributed by atoms with Gasteiger partial charge in [0.2, 0.25) is 11.8 Å². The topological polar surface area (TPSA) is 203 Å². The summed E-state index contributed by atoms with van der Waals surface area (Å²) in [6.45, 7) is 3.04. The Labute approximate surface area is 284 Å². The van der Waals surface area contributed by atoms with Gasteiger partial charge >= 0.3 is 12.1 Å². The molecule has 0 aromatic heterocycles. The first-order valence-electron chi connectivity index (χ1n) is 15.4. The molecule has 2 saturated heterocycles. The molecule has 6 atom stereocenters. The van der Waals surface area contributed by atoms with Crippen LogP contribution >= 0.6 is 11.8 Å². The van der Waals surface area contributed by atoms with Gasteiger partial charge in [0.25, 0.3) is 11.4 Å². The number of non-ortho nitro benzene ring substituents is 2. The molecule has 0 saturated carbocycles. The molecular formula is C32H35N5O11S. The number of aliphatic hydroxyl groups excluding tert-OH is 1. The van der Waals surface area contributed by atoms with E-state index in [2.05, 4.69) is 0 Å². The van der Waals surface area contributed by atoms with Crippen molar-refractivity contribution < 1.29 is 43.6 Å². The zero-order valence-corrected chi connectivity index (χ0v) is 27.9. The maximum atomic E-state index is 13.6. The maximum absolute atomic E-state index is 13.6. The van der Waals surface area contributed by atoms with E-state index in [0.717, 1.165) is 0 Å². The second-order valence-electron chi connectivity index (χ2n) is 12.3. The minimum absolute atomic E-state index is 0.0287. The number of rotatable bonds is 11. The number of likely N-dealkylation sites (N-methyl/N-ethyl adjacent to an activating group) is 1. The monoisotopic (exact) mass is 697 g/mol. The third-order valence-corrected chi connectivity index (χ3v) is 10.3. The average molecular weight is 698 g/mol. The summed E-state index contributed by atoms with van der Waals surface area (Å²) in [7, 11) is 3.13. The average Bonchev–Trinajstić information content (AvgIpc) is 3.59. The lowest BCUT2D eigenvalue weighted by molar-refractivity contribution is -0.385. The van der Waals surface area contributed by atoms with E-state index in [1.807, 2.05) is 6.92 Å². The van der Waals surface area contributed by atoms with Gasteiger partial charge in [0, 0.05) is 61.0 Å². The number of likely N-dealkylation sites (tertiary alicyclic amines) is 1. The standard InChI is InChI=1S/C32H35N5O11S/c1-17-26-25(18(2)38)30(40)35(26)27(31(41)47-15-19-5-9-21(10-6-19)36(43)44)28(17)49-23-13-24(29(39)33(3)4)34(14-23)32(42)48-16-20-7-11-22(12-8-20)37(45)46/h5-12,17-18,23-26,38H,13-16H2,1-4H3/t17-,18?,23-,24?,25-,26-/m1/s1. The first-order chi connectivity index (χ1) is 23.2. The van der Waals surface area contributed by atoms with E-state index in [4.69, 9.17) is 9.47 Å². The zero-order chi connectivity index (χ0) is 35.7. The van der Waals surface area contributed by atoms with Gasteiger partial charge in [-0.3, -0.25) is 34.7 Å². The van der Waals surface area contributed by atoms with Crippen LogP contribution in [0.3, 0.4) is 0 Å². The van der Waals surface area contributed by atoms with Crippen molar-refractivity contribution in [2.24, 2.45) is 11.8 Å². The molecule has 17 heteroatoms. The number of carbonyl (C=O) groups is 4. The molecule has 260 valence electrons. The van der Waals surface area contributed by atoms with Crippen LogP contribution in [0.5, 0.6) is 0 Å². The zero-order valence-electron chi connectivity index (χ0n) is 27.1.